The molecule has 18 heavy (non-hydrogen) atoms. The van der Waals surface area contributed by atoms with Crippen molar-refractivity contribution in [3.05, 3.63) is 0 Å². The third-order valence-corrected chi connectivity index (χ3v) is 2.65. The molecule has 2 atom stereocenters. The number of rotatable bonds is 9. The van der Waals surface area contributed by atoms with Crippen molar-refractivity contribution in [3.8, 4) is 0 Å². The number of aliphatic carboxylic acids is 2. The second-order valence-corrected chi connectivity index (χ2v) is 4.50. The highest BCUT2D eigenvalue weighted by Gasteiger charge is 2.20. The number of hydrogen-bond acceptors (Lipinski definition) is 6. The molecule has 0 aliphatic heterocycles. The van der Waals surface area contributed by atoms with E-state index < -0.39 is 36.4 Å². The van der Waals surface area contributed by atoms with Gasteiger partial charge in [-0.25, -0.2) is 5.43 Å². The lowest BCUT2D eigenvalue weighted by molar-refractivity contribution is -0.142. The summed E-state index contributed by atoms with van der Waals surface area (Å²) in [4.78, 5) is 32.5. The number of amides is 1. The number of nitrogens with one attached hydrogen (secondary N) is 2. The van der Waals surface area contributed by atoms with Gasteiger partial charge in [0, 0.05) is 0 Å². The van der Waals surface area contributed by atoms with Crippen LogP contribution in [0.15, 0.2) is 0 Å². The lowest BCUT2D eigenvalue weighted by Crippen LogP contribution is -2.53. The topological polar surface area (TPSA) is 142 Å². The average Bonchev–Trinajstić information content (AvgIpc) is 2.27. The standard InChI is InChI=1S/C9H17N3O5S/c1-18-3-2-6(9(16)17)11-12-8(15)5(10)4-7(13)14/h5-6,11H,2-4,10H2,1H3,(H,12,15)(H,13,14)(H,16,17)/t5-,6+/m1/s1. The van der Waals surface area contributed by atoms with Crippen LogP contribution in [-0.2, 0) is 14.4 Å². The molecule has 8 nitrogen and oxygen atoms in total. The van der Waals surface area contributed by atoms with Gasteiger partial charge < -0.3 is 15.9 Å². The molecule has 0 aromatic heterocycles. The predicted octanol–water partition coefficient (Wildman–Crippen LogP) is -1.38. The van der Waals surface area contributed by atoms with Crippen molar-refractivity contribution >= 4 is 29.6 Å². The van der Waals surface area contributed by atoms with Crippen LogP contribution in [0.3, 0.4) is 0 Å². The minimum Gasteiger partial charge on any atom is -0.481 e. The van der Waals surface area contributed by atoms with Gasteiger partial charge in [0.15, 0.2) is 0 Å². The fourth-order valence-electron chi connectivity index (χ4n) is 1.02. The van der Waals surface area contributed by atoms with Gasteiger partial charge in [0.2, 0.25) is 0 Å². The molecular weight excluding hydrogens is 262 g/mol. The summed E-state index contributed by atoms with van der Waals surface area (Å²) in [5.74, 6) is -2.44. The fourth-order valence-corrected chi connectivity index (χ4v) is 1.50. The molecule has 1 amide bonds. The SMILES string of the molecule is CSCC[C@H](NNC(=O)[C@H](N)CC(=O)O)C(=O)O. The zero-order valence-corrected chi connectivity index (χ0v) is 10.7. The lowest BCUT2D eigenvalue weighted by Gasteiger charge is -2.16. The van der Waals surface area contributed by atoms with E-state index in [1.807, 2.05) is 6.26 Å². The third kappa shape index (κ3) is 7.09. The molecule has 6 N–H and O–H groups in total. The van der Waals surface area contributed by atoms with E-state index in [9.17, 15) is 14.4 Å². The average molecular weight is 279 g/mol. The number of thioether (sulfide) groups is 1. The van der Waals surface area contributed by atoms with Gasteiger partial charge >= 0.3 is 11.9 Å². The Bertz CT molecular complexity index is 313. The van der Waals surface area contributed by atoms with Crippen LogP contribution in [0.2, 0.25) is 0 Å². The summed E-state index contributed by atoms with van der Waals surface area (Å²) < 4.78 is 0. The highest BCUT2D eigenvalue weighted by molar-refractivity contribution is 7.98. The maximum Gasteiger partial charge on any atom is 0.322 e. The van der Waals surface area contributed by atoms with Gasteiger partial charge in [0.25, 0.3) is 5.91 Å². The van der Waals surface area contributed by atoms with Crippen LogP contribution in [0, 0.1) is 0 Å². The molecule has 0 heterocycles. The van der Waals surface area contributed by atoms with Crippen molar-refractivity contribution < 1.29 is 24.6 Å². The van der Waals surface area contributed by atoms with E-state index in [0.717, 1.165) is 0 Å². The molecule has 0 rings (SSSR count). The number of carboxylic acid groups (broad SMARTS) is 2. The van der Waals surface area contributed by atoms with Crippen molar-refractivity contribution in [1.82, 2.24) is 10.9 Å². The second-order valence-electron chi connectivity index (χ2n) is 3.51. The van der Waals surface area contributed by atoms with Crippen LogP contribution < -0.4 is 16.6 Å². The largest absolute Gasteiger partial charge is 0.481 e. The van der Waals surface area contributed by atoms with E-state index in [-0.39, 0.29) is 0 Å². The Balaban J connectivity index is 4.13. The molecular formula is C9H17N3O5S. The maximum atomic E-state index is 11.3. The zero-order valence-electron chi connectivity index (χ0n) is 9.88. The van der Waals surface area contributed by atoms with Crippen LogP contribution in [0.5, 0.6) is 0 Å². The zero-order chi connectivity index (χ0) is 14.1. The van der Waals surface area contributed by atoms with Crippen molar-refractivity contribution in [2.45, 2.75) is 24.9 Å². The summed E-state index contributed by atoms with van der Waals surface area (Å²) in [7, 11) is 0. The van der Waals surface area contributed by atoms with Crippen LogP contribution >= 0.6 is 11.8 Å². The quantitative estimate of drug-likeness (QED) is 0.325. The predicted molar refractivity (Wildman–Crippen MR) is 65.9 cm³/mol. The summed E-state index contributed by atoms with van der Waals surface area (Å²) in [6.45, 7) is 0. The molecule has 0 aromatic carbocycles. The Morgan fingerprint density at radius 2 is 1.94 bits per heavy atom. The van der Waals surface area contributed by atoms with E-state index in [2.05, 4.69) is 10.9 Å². The van der Waals surface area contributed by atoms with Gasteiger partial charge in [-0.05, 0) is 18.4 Å². The van der Waals surface area contributed by atoms with Gasteiger partial charge in [-0.1, -0.05) is 0 Å². The first-order valence-electron chi connectivity index (χ1n) is 5.13. The summed E-state index contributed by atoms with van der Waals surface area (Å²) in [5, 5.41) is 17.3. The highest BCUT2D eigenvalue weighted by atomic mass is 32.2. The van der Waals surface area contributed by atoms with E-state index in [1.165, 1.54) is 11.8 Å². The minimum absolute atomic E-state index is 0.324. The monoisotopic (exact) mass is 279 g/mol. The number of nitrogens with two attached hydrogens (primary N) is 1. The van der Waals surface area contributed by atoms with E-state index in [1.54, 1.807) is 0 Å². The molecule has 0 bridgehead atoms. The van der Waals surface area contributed by atoms with Gasteiger partial charge in [-0.15, -0.1) is 0 Å². The summed E-state index contributed by atoms with van der Waals surface area (Å²) >= 11 is 1.48. The molecule has 0 aliphatic carbocycles. The molecule has 0 unspecified atom stereocenters. The van der Waals surface area contributed by atoms with Crippen LogP contribution in [-0.4, -0.2) is 52.2 Å². The molecule has 0 aliphatic rings. The van der Waals surface area contributed by atoms with E-state index in [0.29, 0.717) is 12.2 Å². The highest BCUT2D eigenvalue weighted by Crippen LogP contribution is 2.00. The Labute approximate surface area is 108 Å². The Hall–Kier alpha value is -1.32. The van der Waals surface area contributed by atoms with Crippen LogP contribution in [0.4, 0.5) is 0 Å². The van der Waals surface area contributed by atoms with Crippen molar-refractivity contribution in [3.63, 3.8) is 0 Å². The number of carboxylic acids is 2. The molecule has 0 saturated carbocycles. The summed E-state index contributed by atoms with van der Waals surface area (Å²) in [5.41, 5.74) is 9.73. The van der Waals surface area contributed by atoms with Crippen molar-refractivity contribution in [2.75, 3.05) is 12.0 Å². The third-order valence-electron chi connectivity index (χ3n) is 2.01. The van der Waals surface area contributed by atoms with Crippen molar-refractivity contribution in [1.29, 1.82) is 0 Å². The van der Waals surface area contributed by atoms with Gasteiger partial charge in [-0.2, -0.15) is 11.8 Å². The molecule has 0 fully saturated rings. The Morgan fingerprint density at radius 1 is 1.33 bits per heavy atom. The molecule has 0 aromatic rings. The first kappa shape index (κ1) is 16.7. The number of hydrogen-bond donors (Lipinski definition) is 5. The summed E-state index contributed by atoms with van der Waals surface area (Å²) in [6.07, 6.45) is 1.64. The normalized spacial score (nSPS) is 13.7. The molecule has 9 heteroatoms. The Morgan fingerprint density at radius 3 is 2.39 bits per heavy atom. The second kappa shape index (κ2) is 8.72. The van der Waals surface area contributed by atoms with Crippen molar-refractivity contribution in [2.24, 2.45) is 5.73 Å². The maximum absolute atomic E-state index is 11.3. The van der Waals surface area contributed by atoms with Gasteiger partial charge in [0.05, 0.1) is 12.5 Å². The van der Waals surface area contributed by atoms with E-state index in [4.69, 9.17) is 15.9 Å². The molecule has 0 radical (unpaired) electrons. The van der Waals surface area contributed by atoms with Gasteiger partial charge in [0.1, 0.15) is 6.04 Å². The number of hydrazine groups is 1. The van der Waals surface area contributed by atoms with Crippen LogP contribution in [0.25, 0.3) is 0 Å². The summed E-state index contributed by atoms with van der Waals surface area (Å²) in [6, 6.07) is -2.15. The number of carbonyl (C=O) groups excluding carboxylic acids is 1. The van der Waals surface area contributed by atoms with Crippen LogP contribution in [0.1, 0.15) is 12.8 Å². The first-order chi connectivity index (χ1) is 8.38. The van der Waals surface area contributed by atoms with E-state index >= 15 is 0 Å². The first-order valence-corrected chi connectivity index (χ1v) is 6.52. The molecule has 0 spiro atoms. The lowest BCUT2D eigenvalue weighted by atomic mass is 10.2. The minimum atomic E-state index is -1.22. The Kier molecular flexibility index (Phi) is 8.08. The van der Waals surface area contributed by atoms with Gasteiger partial charge in [-0.3, -0.25) is 19.8 Å². The number of carbonyl (C=O) groups is 3. The smallest absolute Gasteiger partial charge is 0.322 e. The fraction of sp³-hybridized carbons (Fsp3) is 0.667. The molecule has 104 valence electrons. The molecule has 0 saturated heterocycles.